The Morgan fingerprint density at radius 1 is 1.27 bits per heavy atom. The minimum Gasteiger partial charge on any atom is -0.459 e. The molecule has 1 heterocycles. The average molecular weight is 305 g/mol. The highest BCUT2D eigenvalue weighted by Crippen LogP contribution is 2.35. The van der Waals surface area contributed by atoms with Crippen LogP contribution < -0.4 is 5.32 Å². The largest absolute Gasteiger partial charge is 0.459 e. The molecule has 2 atom stereocenters. The lowest BCUT2D eigenvalue weighted by Crippen LogP contribution is -2.34. The van der Waals surface area contributed by atoms with E-state index >= 15 is 0 Å². The van der Waals surface area contributed by atoms with Crippen LogP contribution in [0.25, 0.3) is 11.0 Å². The summed E-state index contributed by atoms with van der Waals surface area (Å²) >= 11 is 0. The van der Waals surface area contributed by atoms with E-state index in [9.17, 15) is 5.11 Å². The zero-order chi connectivity index (χ0) is 16.2. The topological polar surface area (TPSA) is 54.6 Å². The van der Waals surface area contributed by atoms with E-state index in [1.165, 1.54) is 0 Å². The van der Waals surface area contributed by atoms with Crippen LogP contribution in [0.3, 0.4) is 0 Å². The first-order chi connectivity index (χ1) is 10.4. The molecule has 2 N–H and O–H groups in total. The summed E-state index contributed by atoms with van der Waals surface area (Å²) in [7, 11) is 1.60. The quantitative estimate of drug-likeness (QED) is 0.822. The molecule has 4 heteroatoms. The summed E-state index contributed by atoms with van der Waals surface area (Å²) < 4.78 is 11.0. The molecule has 0 aliphatic heterocycles. The second kappa shape index (κ2) is 7.27. The molecule has 1 aromatic heterocycles. The van der Waals surface area contributed by atoms with Gasteiger partial charge in [-0.05, 0) is 30.5 Å². The van der Waals surface area contributed by atoms with Gasteiger partial charge in [0.15, 0.2) is 0 Å². The van der Waals surface area contributed by atoms with Gasteiger partial charge in [-0.2, -0.15) is 0 Å². The molecule has 0 radical (unpaired) electrons. The van der Waals surface area contributed by atoms with E-state index in [-0.39, 0.29) is 11.5 Å². The lowest BCUT2D eigenvalue weighted by molar-refractivity contribution is 0.0577. The fourth-order valence-electron chi connectivity index (χ4n) is 2.65. The molecule has 0 bridgehead atoms. The average Bonchev–Trinajstić information content (AvgIpc) is 2.85. The summed E-state index contributed by atoms with van der Waals surface area (Å²) in [6, 6.07) is 10.2. The third-order valence-corrected chi connectivity index (χ3v) is 3.78. The fourth-order valence-corrected chi connectivity index (χ4v) is 2.65. The van der Waals surface area contributed by atoms with Gasteiger partial charge in [-0.25, -0.2) is 0 Å². The van der Waals surface area contributed by atoms with E-state index in [1.54, 1.807) is 7.11 Å². The molecule has 0 saturated carbocycles. The van der Waals surface area contributed by atoms with Crippen molar-refractivity contribution in [2.75, 3.05) is 20.3 Å². The Kier molecular flexibility index (Phi) is 5.62. The number of fused-ring (bicyclic) bond motifs is 1. The van der Waals surface area contributed by atoms with Crippen molar-refractivity contribution in [3.8, 4) is 0 Å². The van der Waals surface area contributed by atoms with Gasteiger partial charge in [0.25, 0.3) is 0 Å². The monoisotopic (exact) mass is 305 g/mol. The molecule has 0 amide bonds. The van der Waals surface area contributed by atoms with Crippen LogP contribution in [0.5, 0.6) is 0 Å². The van der Waals surface area contributed by atoms with Gasteiger partial charge in [0.05, 0.1) is 18.8 Å². The summed E-state index contributed by atoms with van der Waals surface area (Å²) in [6.45, 7) is 7.63. The van der Waals surface area contributed by atoms with Gasteiger partial charge in [0.1, 0.15) is 11.3 Å². The van der Waals surface area contributed by atoms with Gasteiger partial charge in [-0.1, -0.05) is 39.0 Å². The summed E-state index contributed by atoms with van der Waals surface area (Å²) in [4.78, 5) is 0. The number of nitrogens with one attached hydrogen (secondary N) is 1. The number of methoxy groups -OCH3 is 1. The first kappa shape index (κ1) is 17.0. The normalized spacial score (nSPS) is 15.1. The molecular formula is C18H27NO3. The summed E-state index contributed by atoms with van der Waals surface area (Å²) in [6.07, 6.45) is 0.217. The minimum atomic E-state index is -0.436. The first-order valence-electron chi connectivity index (χ1n) is 7.80. The van der Waals surface area contributed by atoms with Gasteiger partial charge >= 0.3 is 0 Å². The van der Waals surface area contributed by atoms with Gasteiger partial charge in [-0.3, -0.25) is 0 Å². The SMILES string of the molecule is COCC(O)CCNC(c1cc2ccccc2o1)C(C)(C)C. The summed E-state index contributed by atoms with van der Waals surface area (Å²) in [5.41, 5.74) is 0.924. The number of hydrogen-bond acceptors (Lipinski definition) is 4. The maximum atomic E-state index is 9.76. The standard InChI is InChI=1S/C18H27NO3/c1-18(2,3)17(19-10-9-14(20)12-21-4)16-11-13-7-5-6-8-15(13)22-16/h5-8,11,14,17,19-20H,9-10,12H2,1-4H3. The molecule has 122 valence electrons. The zero-order valence-electron chi connectivity index (χ0n) is 13.9. The van der Waals surface area contributed by atoms with E-state index < -0.39 is 6.10 Å². The molecule has 0 saturated heterocycles. The van der Waals surface area contributed by atoms with Crippen LogP contribution in [-0.2, 0) is 4.74 Å². The number of para-hydroxylation sites is 1. The van der Waals surface area contributed by atoms with E-state index in [2.05, 4.69) is 38.2 Å². The van der Waals surface area contributed by atoms with Crippen LogP contribution in [0.1, 0.15) is 39.0 Å². The van der Waals surface area contributed by atoms with Crippen molar-refractivity contribution in [1.29, 1.82) is 0 Å². The highest BCUT2D eigenvalue weighted by molar-refractivity contribution is 5.77. The minimum absolute atomic E-state index is 0.0140. The Bertz CT molecular complexity index is 552. The molecule has 0 fully saturated rings. The van der Waals surface area contributed by atoms with Crippen LogP contribution >= 0.6 is 0 Å². The van der Waals surface area contributed by atoms with Gasteiger partial charge < -0.3 is 19.6 Å². The number of hydrogen-bond donors (Lipinski definition) is 2. The van der Waals surface area contributed by atoms with Crippen LogP contribution in [0.15, 0.2) is 34.7 Å². The predicted octanol–water partition coefficient (Wildman–Crippen LogP) is 3.51. The number of furan rings is 1. The third kappa shape index (κ3) is 4.32. The van der Waals surface area contributed by atoms with Crippen molar-refractivity contribution >= 4 is 11.0 Å². The zero-order valence-corrected chi connectivity index (χ0v) is 13.9. The molecule has 0 aliphatic rings. The van der Waals surface area contributed by atoms with Crippen LogP contribution in [-0.4, -0.2) is 31.5 Å². The number of rotatable bonds is 7. The molecule has 4 nitrogen and oxygen atoms in total. The highest BCUT2D eigenvalue weighted by atomic mass is 16.5. The third-order valence-electron chi connectivity index (χ3n) is 3.78. The Labute approximate surface area is 132 Å². The lowest BCUT2D eigenvalue weighted by atomic mass is 9.85. The Morgan fingerprint density at radius 3 is 2.64 bits per heavy atom. The molecule has 0 spiro atoms. The maximum Gasteiger partial charge on any atom is 0.134 e. The number of aliphatic hydroxyl groups is 1. The molecule has 2 rings (SSSR count). The van der Waals surface area contributed by atoms with Crippen molar-refractivity contribution in [3.63, 3.8) is 0 Å². The second-order valence-corrected chi connectivity index (χ2v) is 6.84. The van der Waals surface area contributed by atoms with E-state index in [4.69, 9.17) is 9.15 Å². The smallest absolute Gasteiger partial charge is 0.134 e. The van der Waals surface area contributed by atoms with Crippen molar-refractivity contribution in [2.45, 2.75) is 39.3 Å². The van der Waals surface area contributed by atoms with E-state index in [1.807, 2.05) is 18.2 Å². The van der Waals surface area contributed by atoms with E-state index in [0.29, 0.717) is 19.6 Å². The highest BCUT2D eigenvalue weighted by Gasteiger charge is 2.28. The summed E-state index contributed by atoms with van der Waals surface area (Å²) in [5, 5.41) is 14.4. The van der Waals surface area contributed by atoms with Gasteiger partial charge in [-0.15, -0.1) is 0 Å². The second-order valence-electron chi connectivity index (χ2n) is 6.84. The van der Waals surface area contributed by atoms with Crippen molar-refractivity contribution in [3.05, 3.63) is 36.1 Å². The van der Waals surface area contributed by atoms with Crippen molar-refractivity contribution in [2.24, 2.45) is 5.41 Å². The van der Waals surface area contributed by atoms with E-state index in [0.717, 1.165) is 16.7 Å². The first-order valence-corrected chi connectivity index (χ1v) is 7.80. The fraction of sp³-hybridized carbons (Fsp3) is 0.556. The van der Waals surface area contributed by atoms with Crippen LogP contribution in [0.2, 0.25) is 0 Å². The molecule has 22 heavy (non-hydrogen) atoms. The van der Waals surface area contributed by atoms with Crippen LogP contribution in [0.4, 0.5) is 0 Å². The van der Waals surface area contributed by atoms with Crippen LogP contribution in [0, 0.1) is 5.41 Å². The Morgan fingerprint density at radius 2 is 2.00 bits per heavy atom. The number of aliphatic hydroxyl groups excluding tert-OH is 1. The maximum absolute atomic E-state index is 9.76. The molecule has 2 aromatic rings. The van der Waals surface area contributed by atoms with Crippen molar-refractivity contribution < 1.29 is 14.3 Å². The Hall–Kier alpha value is -1.36. The Balaban J connectivity index is 2.09. The lowest BCUT2D eigenvalue weighted by Gasteiger charge is -2.30. The predicted molar refractivity (Wildman–Crippen MR) is 88.9 cm³/mol. The van der Waals surface area contributed by atoms with Gasteiger partial charge in [0, 0.05) is 12.5 Å². The molecule has 1 aromatic carbocycles. The number of ether oxygens (including phenoxy) is 1. The molecule has 0 aliphatic carbocycles. The van der Waals surface area contributed by atoms with Gasteiger partial charge in [0.2, 0.25) is 0 Å². The number of benzene rings is 1. The summed E-state index contributed by atoms with van der Waals surface area (Å²) in [5.74, 6) is 0.940. The van der Waals surface area contributed by atoms with Crippen molar-refractivity contribution in [1.82, 2.24) is 5.32 Å². The molecule has 2 unspecified atom stereocenters. The molecular weight excluding hydrogens is 278 g/mol.